The van der Waals surface area contributed by atoms with Gasteiger partial charge in [0.15, 0.2) is 17.3 Å². The van der Waals surface area contributed by atoms with E-state index in [2.05, 4.69) is 23.9 Å². The van der Waals surface area contributed by atoms with Crippen molar-refractivity contribution in [2.75, 3.05) is 12.8 Å². The quantitative estimate of drug-likeness (QED) is 0.818. The number of ether oxygens (including phenoxy) is 2. The third-order valence-corrected chi connectivity index (χ3v) is 2.78. The maximum Gasteiger partial charge on any atom is 0.164 e. The molecule has 2 N–H and O–H groups in total. The fourth-order valence-electron chi connectivity index (χ4n) is 1.84. The lowest BCUT2D eigenvalue weighted by molar-refractivity contribution is 0.266. The molecule has 6 nitrogen and oxygen atoms in total. The Morgan fingerprint density at radius 1 is 1.30 bits per heavy atom. The molecule has 0 amide bonds. The number of benzene rings is 1. The lowest BCUT2D eigenvalue weighted by Crippen LogP contribution is -2.12. The molecule has 108 valence electrons. The van der Waals surface area contributed by atoms with Crippen molar-refractivity contribution in [2.24, 2.45) is 5.92 Å². The third kappa shape index (κ3) is 3.40. The van der Waals surface area contributed by atoms with E-state index in [0.717, 1.165) is 12.4 Å². The molecule has 1 aromatic carbocycles. The summed E-state index contributed by atoms with van der Waals surface area (Å²) in [7, 11) is 1.59. The molecular formula is C14H20N4O2. The van der Waals surface area contributed by atoms with Gasteiger partial charge in [0.05, 0.1) is 7.11 Å². The molecule has 0 bridgehead atoms. The van der Waals surface area contributed by atoms with E-state index in [1.807, 2.05) is 4.68 Å². The number of anilines is 1. The molecule has 0 aliphatic rings. The zero-order chi connectivity index (χ0) is 14.5. The Morgan fingerprint density at radius 2 is 2.10 bits per heavy atom. The number of nitrogens with zero attached hydrogens (tertiary/aromatic N) is 3. The van der Waals surface area contributed by atoms with E-state index >= 15 is 0 Å². The summed E-state index contributed by atoms with van der Waals surface area (Å²) in [6, 6.07) is 5.29. The number of rotatable bonds is 6. The molecule has 0 fully saturated rings. The van der Waals surface area contributed by atoms with Crippen LogP contribution in [0.3, 0.4) is 0 Å². The molecule has 0 radical (unpaired) electrons. The average Bonchev–Trinajstić information content (AvgIpc) is 2.83. The Balaban J connectivity index is 2.07. The van der Waals surface area contributed by atoms with Crippen LogP contribution in [0, 0.1) is 5.92 Å². The highest BCUT2D eigenvalue weighted by atomic mass is 16.5. The van der Waals surface area contributed by atoms with Crippen LogP contribution in [0.2, 0.25) is 0 Å². The average molecular weight is 276 g/mol. The van der Waals surface area contributed by atoms with E-state index in [4.69, 9.17) is 15.2 Å². The highest BCUT2D eigenvalue weighted by Gasteiger charge is 2.09. The summed E-state index contributed by atoms with van der Waals surface area (Å²) in [4.78, 5) is 4.22. The molecule has 0 aliphatic carbocycles. The molecular weight excluding hydrogens is 256 g/mol. The first-order valence-corrected chi connectivity index (χ1v) is 6.53. The molecule has 20 heavy (non-hydrogen) atoms. The zero-order valence-corrected chi connectivity index (χ0v) is 12.0. The van der Waals surface area contributed by atoms with E-state index in [0.29, 0.717) is 29.7 Å². The van der Waals surface area contributed by atoms with Crippen molar-refractivity contribution >= 4 is 5.69 Å². The minimum Gasteiger partial charge on any atom is -0.493 e. The predicted molar refractivity (Wildman–Crippen MR) is 76.6 cm³/mol. The number of aromatic nitrogens is 3. The second-order valence-electron chi connectivity index (χ2n) is 4.95. The summed E-state index contributed by atoms with van der Waals surface area (Å²) in [6.45, 7) is 5.43. The van der Waals surface area contributed by atoms with Gasteiger partial charge >= 0.3 is 0 Å². The molecule has 0 spiro atoms. The van der Waals surface area contributed by atoms with Crippen molar-refractivity contribution in [1.29, 1.82) is 0 Å². The van der Waals surface area contributed by atoms with Crippen molar-refractivity contribution in [3.05, 3.63) is 30.4 Å². The summed E-state index contributed by atoms with van der Waals surface area (Å²) in [6.07, 6.45) is 1.54. The Kier molecular flexibility index (Phi) is 4.45. The van der Waals surface area contributed by atoms with E-state index < -0.39 is 0 Å². The van der Waals surface area contributed by atoms with Crippen LogP contribution in [0.4, 0.5) is 5.69 Å². The van der Waals surface area contributed by atoms with Gasteiger partial charge in [-0.3, -0.25) is 0 Å². The maximum absolute atomic E-state index is 5.75. The van der Waals surface area contributed by atoms with Crippen molar-refractivity contribution in [3.8, 4) is 11.5 Å². The monoisotopic (exact) mass is 276 g/mol. The standard InChI is InChI=1S/C14H20N4O2/c1-10(2)7-18-14(16-9-17-18)8-20-12-5-4-11(15)6-13(12)19-3/h4-6,9-10H,7-8,15H2,1-3H3. The summed E-state index contributed by atoms with van der Waals surface area (Å²) in [5.41, 5.74) is 6.35. The van der Waals surface area contributed by atoms with Crippen LogP contribution in [0.5, 0.6) is 11.5 Å². The molecule has 0 saturated heterocycles. The first-order chi connectivity index (χ1) is 9.60. The van der Waals surface area contributed by atoms with Gasteiger partial charge in [-0.15, -0.1) is 0 Å². The maximum atomic E-state index is 5.75. The summed E-state index contributed by atoms with van der Waals surface area (Å²) in [5.74, 6) is 2.54. The number of hydrogen-bond donors (Lipinski definition) is 1. The summed E-state index contributed by atoms with van der Waals surface area (Å²) >= 11 is 0. The van der Waals surface area contributed by atoms with E-state index in [1.165, 1.54) is 0 Å². The van der Waals surface area contributed by atoms with Gasteiger partial charge in [0.2, 0.25) is 0 Å². The first-order valence-electron chi connectivity index (χ1n) is 6.53. The highest BCUT2D eigenvalue weighted by molar-refractivity contribution is 5.51. The van der Waals surface area contributed by atoms with Crippen molar-refractivity contribution < 1.29 is 9.47 Å². The van der Waals surface area contributed by atoms with Gasteiger partial charge in [-0.05, 0) is 18.1 Å². The predicted octanol–water partition coefficient (Wildman–Crippen LogP) is 2.10. The molecule has 2 rings (SSSR count). The topological polar surface area (TPSA) is 75.2 Å². The van der Waals surface area contributed by atoms with E-state index in [9.17, 15) is 0 Å². The zero-order valence-electron chi connectivity index (χ0n) is 12.0. The minimum absolute atomic E-state index is 0.340. The van der Waals surface area contributed by atoms with Gasteiger partial charge in [0, 0.05) is 18.3 Å². The molecule has 0 unspecified atom stereocenters. The van der Waals surface area contributed by atoms with Crippen LogP contribution in [-0.2, 0) is 13.2 Å². The Morgan fingerprint density at radius 3 is 2.80 bits per heavy atom. The van der Waals surface area contributed by atoms with Gasteiger partial charge in [-0.25, -0.2) is 9.67 Å². The lowest BCUT2D eigenvalue weighted by atomic mass is 10.2. The SMILES string of the molecule is COc1cc(N)ccc1OCc1ncnn1CC(C)C. The van der Waals surface area contributed by atoms with Crippen LogP contribution in [-0.4, -0.2) is 21.9 Å². The fraction of sp³-hybridized carbons (Fsp3) is 0.429. The molecule has 2 aromatic rings. The van der Waals surface area contributed by atoms with Gasteiger partial charge in [-0.1, -0.05) is 13.8 Å². The van der Waals surface area contributed by atoms with Crippen LogP contribution in [0.25, 0.3) is 0 Å². The van der Waals surface area contributed by atoms with Crippen molar-refractivity contribution in [3.63, 3.8) is 0 Å². The molecule has 0 aliphatic heterocycles. The molecule has 0 saturated carbocycles. The largest absolute Gasteiger partial charge is 0.493 e. The number of nitrogen functional groups attached to an aromatic ring is 1. The smallest absolute Gasteiger partial charge is 0.164 e. The second kappa shape index (κ2) is 6.27. The Hall–Kier alpha value is -2.24. The summed E-state index contributed by atoms with van der Waals surface area (Å²) in [5, 5.41) is 4.20. The van der Waals surface area contributed by atoms with Crippen LogP contribution >= 0.6 is 0 Å². The molecule has 1 heterocycles. The number of nitrogens with two attached hydrogens (primary N) is 1. The lowest BCUT2D eigenvalue weighted by Gasteiger charge is -2.12. The molecule has 1 aromatic heterocycles. The summed E-state index contributed by atoms with van der Waals surface area (Å²) < 4.78 is 12.8. The highest BCUT2D eigenvalue weighted by Crippen LogP contribution is 2.29. The molecule has 0 atom stereocenters. The normalized spacial score (nSPS) is 10.8. The van der Waals surface area contributed by atoms with Gasteiger partial charge in [-0.2, -0.15) is 5.10 Å². The van der Waals surface area contributed by atoms with E-state index in [1.54, 1.807) is 31.6 Å². The number of hydrogen-bond acceptors (Lipinski definition) is 5. The van der Waals surface area contributed by atoms with Crippen molar-refractivity contribution in [1.82, 2.24) is 14.8 Å². The fourth-order valence-corrected chi connectivity index (χ4v) is 1.84. The van der Waals surface area contributed by atoms with E-state index in [-0.39, 0.29) is 0 Å². The molecule has 6 heteroatoms. The van der Waals surface area contributed by atoms with Crippen LogP contribution < -0.4 is 15.2 Å². The Labute approximate surface area is 118 Å². The van der Waals surface area contributed by atoms with Gasteiger partial charge in [0.25, 0.3) is 0 Å². The first kappa shape index (κ1) is 14.2. The van der Waals surface area contributed by atoms with Crippen molar-refractivity contribution in [2.45, 2.75) is 27.0 Å². The van der Waals surface area contributed by atoms with Gasteiger partial charge in [0.1, 0.15) is 12.9 Å². The van der Waals surface area contributed by atoms with Crippen LogP contribution in [0.1, 0.15) is 19.7 Å². The third-order valence-electron chi connectivity index (χ3n) is 2.78. The minimum atomic E-state index is 0.340. The number of methoxy groups -OCH3 is 1. The van der Waals surface area contributed by atoms with Crippen LogP contribution in [0.15, 0.2) is 24.5 Å². The Bertz CT molecular complexity index is 566. The second-order valence-corrected chi connectivity index (χ2v) is 4.95. The van der Waals surface area contributed by atoms with Gasteiger partial charge < -0.3 is 15.2 Å².